The number of carbonyl (C=O) groups is 1. The van der Waals surface area contributed by atoms with E-state index in [-0.39, 0.29) is 16.9 Å². The van der Waals surface area contributed by atoms with Crippen molar-refractivity contribution in [2.24, 2.45) is 0 Å². The quantitative estimate of drug-likeness (QED) is 0.556. The highest BCUT2D eigenvalue weighted by Crippen LogP contribution is 2.32. The van der Waals surface area contributed by atoms with Crippen LogP contribution in [0.3, 0.4) is 0 Å². The predicted octanol–water partition coefficient (Wildman–Crippen LogP) is 4.76. The molecule has 4 rings (SSSR count). The van der Waals surface area contributed by atoms with Crippen LogP contribution in [0.25, 0.3) is 11.0 Å². The molecule has 0 saturated carbocycles. The number of esters is 1. The molecule has 1 saturated heterocycles. The molecule has 1 aliphatic rings. The average molecular weight is 437 g/mol. The lowest BCUT2D eigenvalue weighted by Gasteiger charge is -2.26. The minimum absolute atomic E-state index is 0.0796. The molecule has 3 aromatic rings. The van der Waals surface area contributed by atoms with E-state index in [9.17, 15) is 14.7 Å². The fourth-order valence-corrected chi connectivity index (χ4v) is 4.00. The normalized spacial score (nSPS) is 14.4. The second-order valence-corrected chi connectivity index (χ2v) is 7.94. The maximum Gasteiger partial charge on any atom is 0.338 e. The van der Waals surface area contributed by atoms with Crippen LogP contribution in [0.2, 0.25) is 0 Å². The third-order valence-electron chi connectivity index (χ3n) is 5.68. The number of phenols is 1. The van der Waals surface area contributed by atoms with Crippen molar-refractivity contribution in [3.05, 3.63) is 63.5 Å². The Hall–Kier alpha value is -3.32. The zero-order chi connectivity index (χ0) is 22.7. The lowest BCUT2D eigenvalue weighted by Crippen LogP contribution is -2.29. The number of hydrogen-bond donors (Lipinski definition) is 1. The van der Waals surface area contributed by atoms with Gasteiger partial charge in [-0.25, -0.2) is 4.79 Å². The van der Waals surface area contributed by atoms with Gasteiger partial charge in [-0.2, -0.15) is 0 Å². The van der Waals surface area contributed by atoms with Gasteiger partial charge in [-0.05, 0) is 76.2 Å². The number of benzene rings is 2. The highest BCUT2D eigenvalue weighted by Gasteiger charge is 2.21. The summed E-state index contributed by atoms with van der Waals surface area (Å²) in [6.07, 6.45) is 3.47. The molecule has 1 aliphatic heterocycles. The van der Waals surface area contributed by atoms with Gasteiger partial charge in [-0.1, -0.05) is 6.42 Å². The summed E-state index contributed by atoms with van der Waals surface area (Å²) in [6, 6.07) is 9.47. The summed E-state index contributed by atoms with van der Waals surface area (Å²) in [7, 11) is 0. The summed E-state index contributed by atoms with van der Waals surface area (Å²) in [5, 5.41) is 10.8. The van der Waals surface area contributed by atoms with Gasteiger partial charge in [0.1, 0.15) is 22.8 Å². The molecule has 1 aromatic heterocycles. The van der Waals surface area contributed by atoms with Gasteiger partial charge < -0.3 is 19.0 Å². The van der Waals surface area contributed by atoms with Crippen molar-refractivity contribution in [3.63, 3.8) is 0 Å². The number of ether oxygens (including phenoxy) is 2. The first kappa shape index (κ1) is 21.9. The predicted molar refractivity (Wildman–Crippen MR) is 120 cm³/mol. The first-order chi connectivity index (χ1) is 15.5. The average Bonchev–Trinajstić information content (AvgIpc) is 2.80. The van der Waals surface area contributed by atoms with Gasteiger partial charge in [0.2, 0.25) is 11.2 Å². The molecule has 32 heavy (non-hydrogen) atoms. The van der Waals surface area contributed by atoms with Gasteiger partial charge in [0.15, 0.2) is 0 Å². The second-order valence-electron chi connectivity index (χ2n) is 7.94. The van der Waals surface area contributed by atoms with Crippen molar-refractivity contribution in [1.29, 1.82) is 0 Å². The molecule has 0 spiro atoms. The maximum atomic E-state index is 13.2. The summed E-state index contributed by atoms with van der Waals surface area (Å²) in [5.41, 5.74) is 1.11. The van der Waals surface area contributed by atoms with Crippen molar-refractivity contribution in [1.82, 2.24) is 4.90 Å². The Balaban J connectivity index is 1.66. The molecule has 7 heteroatoms. The molecule has 2 heterocycles. The number of likely N-dealkylation sites (tertiary alicyclic amines) is 1. The number of rotatable bonds is 6. The van der Waals surface area contributed by atoms with Gasteiger partial charge in [-0.15, -0.1) is 0 Å². The van der Waals surface area contributed by atoms with E-state index in [0.717, 1.165) is 25.9 Å². The van der Waals surface area contributed by atoms with Crippen LogP contribution >= 0.6 is 0 Å². The minimum Gasteiger partial charge on any atom is -0.507 e. The monoisotopic (exact) mass is 437 g/mol. The van der Waals surface area contributed by atoms with Crippen LogP contribution < -0.4 is 10.2 Å². The summed E-state index contributed by atoms with van der Waals surface area (Å²) < 4.78 is 16.8. The number of nitrogens with zero attached hydrogens (tertiary/aromatic N) is 1. The minimum atomic E-state index is -0.415. The van der Waals surface area contributed by atoms with E-state index in [1.807, 2.05) is 0 Å². The van der Waals surface area contributed by atoms with Gasteiger partial charge in [-0.3, -0.25) is 9.69 Å². The van der Waals surface area contributed by atoms with Crippen molar-refractivity contribution in [3.8, 4) is 17.2 Å². The molecule has 168 valence electrons. The standard InChI is InChI=1S/C25H27NO6/c1-3-30-25(29)17-7-9-18(10-8-17)32-23-16(2)31-24-19(22(23)28)11-12-21(27)20(24)15-26-13-5-4-6-14-26/h7-12,27H,3-6,13-15H2,1-2H3. The third-order valence-corrected chi connectivity index (χ3v) is 5.68. The zero-order valence-electron chi connectivity index (χ0n) is 18.3. The number of aromatic hydroxyl groups is 1. The van der Waals surface area contributed by atoms with Crippen LogP contribution in [0.4, 0.5) is 0 Å². The van der Waals surface area contributed by atoms with Crippen molar-refractivity contribution < 1.29 is 23.8 Å². The first-order valence-corrected chi connectivity index (χ1v) is 10.9. The van der Waals surface area contributed by atoms with Crippen LogP contribution in [0.5, 0.6) is 17.2 Å². The molecule has 0 amide bonds. The van der Waals surface area contributed by atoms with Crippen LogP contribution in [-0.4, -0.2) is 35.7 Å². The van der Waals surface area contributed by atoms with E-state index in [1.54, 1.807) is 44.2 Å². The molecular formula is C25H27NO6. The van der Waals surface area contributed by atoms with Crippen LogP contribution in [0.15, 0.2) is 45.6 Å². The second kappa shape index (κ2) is 9.44. The Kier molecular flexibility index (Phi) is 6.46. The maximum absolute atomic E-state index is 13.2. The van der Waals surface area contributed by atoms with Gasteiger partial charge in [0.05, 0.1) is 23.1 Å². The van der Waals surface area contributed by atoms with E-state index < -0.39 is 5.97 Å². The van der Waals surface area contributed by atoms with Gasteiger partial charge in [0.25, 0.3) is 0 Å². The van der Waals surface area contributed by atoms with Crippen LogP contribution in [0, 0.1) is 6.92 Å². The Morgan fingerprint density at radius 2 is 1.81 bits per heavy atom. The SMILES string of the molecule is CCOC(=O)c1ccc(Oc2c(C)oc3c(CN4CCCCC4)c(O)ccc3c2=O)cc1. The number of fused-ring (bicyclic) bond motifs is 1. The molecule has 7 nitrogen and oxygen atoms in total. The van der Waals surface area contributed by atoms with Crippen molar-refractivity contribution in [2.45, 2.75) is 39.7 Å². The largest absolute Gasteiger partial charge is 0.507 e. The number of hydrogen-bond acceptors (Lipinski definition) is 7. The van der Waals surface area contributed by atoms with Crippen molar-refractivity contribution >= 4 is 16.9 Å². The molecule has 1 N–H and O–H groups in total. The molecule has 0 aliphatic carbocycles. The summed E-state index contributed by atoms with van der Waals surface area (Å²) in [6.45, 7) is 6.15. The Morgan fingerprint density at radius 1 is 1.09 bits per heavy atom. The van der Waals surface area contributed by atoms with Crippen LogP contribution in [0.1, 0.15) is 47.9 Å². The summed E-state index contributed by atoms with van der Waals surface area (Å²) in [5.74, 6) is 0.508. The third kappa shape index (κ3) is 4.48. The molecule has 0 radical (unpaired) electrons. The number of carbonyl (C=O) groups excluding carboxylic acids is 1. The first-order valence-electron chi connectivity index (χ1n) is 10.9. The fraction of sp³-hybridized carbons (Fsp3) is 0.360. The van der Waals surface area contributed by atoms with E-state index in [0.29, 0.717) is 46.8 Å². The van der Waals surface area contributed by atoms with Crippen LogP contribution in [-0.2, 0) is 11.3 Å². The van der Waals surface area contributed by atoms with Gasteiger partial charge in [0, 0.05) is 6.54 Å². The van der Waals surface area contributed by atoms with E-state index in [4.69, 9.17) is 13.9 Å². The summed E-state index contributed by atoms with van der Waals surface area (Å²) in [4.78, 5) is 27.3. The molecular weight excluding hydrogens is 410 g/mol. The zero-order valence-corrected chi connectivity index (χ0v) is 18.3. The number of aryl methyl sites for hydroxylation is 1. The number of phenolic OH excluding ortho intramolecular Hbond substituents is 1. The van der Waals surface area contributed by atoms with Gasteiger partial charge >= 0.3 is 5.97 Å². The fourth-order valence-electron chi connectivity index (χ4n) is 4.00. The Labute approximate surface area is 186 Å². The summed E-state index contributed by atoms with van der Waals surface area (Å²) >= 11 is 0. The topological polar surface area (TPSA) is 89.2 Å². The Bertz CT molecular complexity index is 1180. The van der Waals surface area contributed by atoms with Crippen molar-refractivity contribution in [2.75, 3.05) is 19.7 Å². The molecule has 0 unspecified atom stereocenters. The van der Waals surface area contributed by atoms with E-state index >= 15 is 0 Å². The number of piperidine rings is 1. The molecule has 0 atom stereocenters. The van der Waals surface area contributed by atoms with E-state index in [2.05, 4.69) is 4.90 Å². The lowest BCUT2D eigenvalue weighted by atomic mass is 10.1. The van der Waals surface area contributed by atoms with E-state index in [1.165, 1.54) is 12.5 Å². The highest BCUT2D eigenvalue weighted by molar-refractivity contribution is 5.89. The molecule has 1 fully saturated rings. The molecule has 0 bridgehead atoms. The lowest BCUT2D eigenvalue weighted by molar-refractivity contribution is 0.0526. The smallest absolute Gasteiger partial charge is 0.338 e. The highest BCUT2D eigenvalue weighted by atomic mass is 16.5. The molecule has 2 aromatic carbocycles. The Morgan fingerprint density at radius 3 is 2.50 bits per heavy atom.